The second-order valence-corrected chi connectivity index (χ2v) is 6.74. The van der Waals surface area contributed by atoms with Crippen LogP contribution in [0.25, 0.3) is 0 Å². The number of halogens is 1. The molecule has 2 aromatic rings. The Morgan fingerprint density at radius 2 is 1.95 bits per heavy atom. The van der Waals surface area contributed by atoms with Crippen LogP contribution in [0.4, 0.5) is 0 Å². The first kappa shape index (κ1) is 14.9. The van der Waals surface area contributed by atoms with Crippen molar-refractivity contribution in [3.63, 3.8) is 0 Å². The highest BCUT2D eigenvalue weighted by molar-refractivity contribution is 14.1. The number of benzene rings is 2. The minimum absolute atomic E-state index is 0.751. The molecular weight excluding hydrogens is 373 g/mol. The van der Waals surface area contributed by atoms with Gasteiger partial charge in [-0.1, -0.05) is 30.3 Å². The Labute approximate surface area is 140 Å². The summed E-state index contributed by atoms with van der Waals surface area (Å²) in [5, 5.41) is 0. The van der Waals surface area contributed by atoms with Crippen LogP contribution in [0.1, 0.15) is 16.7 Å². The van der Waals surface area contributed by atoms with E-state index in [4.69, 9.17) is 4.74 Å². The number of nitrogens with zero attached hydrogens (tertiary/aromatic N) is 1. The number of rotatable bonds is 4. The van der Waals surface area contributed by atoms with Crippen molar-refractivity contribution in [1.29, 1.82) is 0 Å². The molecule has 0 amide bonds. The molecule has 0 saturated heterocycles. The smallest absolute Gasteiger partial charge is 0.132 e. The van der Waals surface area contributed by atoms with Crippen LogP contribution in [0.5, 0.6) is 5.75 Å². The van der Waals surface area contributed by atoms with Crippen LogP contribution in [-0.2, 0) is 13.0 Å². The second kappa shape index (κ2) is 6.79. The lowest BCUT2D eigenvalue weighted by Gasteiger charge is -2.28. The van der Waals surface area contributed by atoms with Crippen molar-refractivity contribution in [1.82, 2.24) is 4.90 Å². The van der Waals surface area contributed by atoms with Gasteiger partial charge in [-0.25, -0.2) is 0 Å². The summed E-state index contributed by atoms with van der Waals surface area (Å²) in [6.07, 6.45) is 1.15. The maximum atomic E-state index is 5.93. The molecular formula is C18H20INO. The lowest BCUT2D eigenvalue weighted by molar-refractivity contribution is 0.195. The molecule has 3 rings (SSSR count). The third-order valence-electron chi connectivity index (χ3n) is 3.96. The Bertz CT molecular complexity index is 626. The molecule has 1 heterocycles. The van der Waals surface area contributed by atoms with Gasteiger partial charge in [0.15, 0.2) is 0 Å². The van der Waals surface area contributed by atoms with Crippen LogP contribution < -0.4 is 4.74 Å². The van der Waals surface area contributed by atoms with Crippen molar-refractivity contribution >= 4 is 22.6 Å². The fourth-order valence-electron chi connectivity index (χ4n) is 2.75. The van der Waals surface area contributed by atoms with Gasteiger partial charge < -0.3 is 4.74 Å². The Morgan fingerprint density at radius 1 is 1.14 bits per heavy atom. The normalized spacial score (nSPS) is 14.8. The van der Waals surface area contributed by atoms with Gasteiger partial charge >= 0.3 is 0 Å². The zero-order chi connectivity index (χ0) is 14.7. The Hall–Kier alpha value is -1.07. The zero-order valence-electron chi connectivity index (χ0n) is 12.3. The number of hydrogen-bond donors (Lipinski definition) is 0. The summed E-state index contributed by atoms with van der Waals surface area (Å²) in [6.45, 7) is 6.02. The maximum absolute atomic E-state index is 5.93. The maximum Gasteiger partial charge on any atom is 0.132 e. The lowest BCUT2D eigenvalue weighted by Crippen LogP contribution is -2.33. The Morgan fingerprint density at radius 3 is 2.76 bits per heavy atom. The summed E-state index contributed by atoms with van der Waals surface area (Å²) in [6, 6.07) is 15.1. The van der Waals surface area contributed by atoms with E-state index in [1.165, 1.54) is 20.3 Å². The van der Waals surface area contributed by atoms with E-state index >= 15 is 0 Å². The van der Waals surface area contributed by atoms with Crippen molar-refractivity contribution in [2.75, 3.05) is 19.7 Å². The number of aryl methyl sites for hydroxylation is 1. The average molecular weight is 393 g/mol. The van der Waals surface area contributed by atoms with Gasteiger partial charge in [-0.15, -0.1) is 0 Å². The molecule has 0 bridgehead atoms. The van der Waals surface area contributed by atoms with E-state index in [0.29, 0.717) is 0 Å². The number of fused-ring (bicyclic) bond motifs is 1. The molecule has 1 aliphatic rings. The van der Waals surface area contributed by atoms with Crippen LogP contribution in [0.3, 0.4) is 0 Å². The molecule has 1 aliphatic heterocycles. The first-order valence-electron chi connectivity index (χ1n) is 7.40. The van der Waals surface area contributed by atoms with Gasteiger partial charge in [0.25, 0.3) is 0 Å². The van der Waals surface area contributed by atoms with Crippen LogP contribution in [0.2, 0.25) is 0 Å². The average Bonchev–Trinajstić information content (AvgIpc) is 2.49. The Balaban J connectivity index is 1.52. The van der Waals surface area contributed by atoms with Crippen LogP contribution in [0.15, 0.2) is 42.5 Å². The van der Waals surface area contributed by atoms with Crippen molar-refractivity contribution in [3.8, 4) is 5.75 Å². The molecule has 2 aromatic carbocycles. The Kier molecular flexibility index (Phi) is 4.80. The quantitative estimate of drug-likeness (QED) is 0.728. The van der Waals surface area contributed by atoms with Crippen molar-refractivity contribution in [2.45, 2.75) is 19.9 Å². The van der Waals surface area contributed by atoms with E-state index in [1.807, 2.05) is 0 Å². The summed E-state index contributed by atoms with van der Waals surface area (Å²) in [7, 11) is 0. The third-order valence-corrected chi connectivity index (χ3v) is 4.81. The van der Waals surface area contributed by atoms with Gasteiger partial charge in [-0.3, -0.25) is 4.90 Å². The minimum atomic E-state index is 0.751. The van der Waals surface area contributed by atoms with Crippen LogP contribution >= 0.6 is 22.6 Å². The fraction of sp³-hybridized carbons (Fsp3) is 0.333. The summed E-state index contributed by atoms with van der Waals surface area (Å²) in [5.41, 5.74) is 4.25. The molecule has 0 saturated carbocycles. The predicted molar refractivity (Wildman–Crippen MR) is 94.8 cm³/mol. The largest absolute Gasteiger partial charge is 0.491 e. The summed E-state index contributed by atoms with van der Waals surface area (Å²) in [4.78, 5) is 2.48. The van der Waals surface area contributed by atoms with Crippen molar-refractivity contribution < 1.29 is 4.74 Å². The second-order valence-electron chi connectivity index (χ2n) is 5.58. The van der Waals surface area contributed by atoms with E-state index in [2.05, 4.69) is 76.9 Å². The molecule has 0 fully saturated rings. The van der Waals surface area contributed by atoms with Crippen LogP contribution in [0, 0.1) is 10.5 Å². The van der Waals surface area contributed by atoms with Gasteiger partial charge in [-0.2, -0.15) is 0 Å². The van der Waals surface area contributed by atoms with Gasteiger partial charge in [0, 0.05) is 19.6 Å². The molecule has 3 heteroatoms. The zero-order valence-corrected chi connectivity index (χ0v) is 14.5. The lowest BCUT2D eigenvalue weighted by atomic mass is 10.0. The first-order chi connectivity index (χ1) is 10.2. The predicted octanol–water partition coefficient (Wildman–Crippen LogP) is 4.04. The van der Waals surface area contributed by atoms with Crippen molar-refractivity contribution in [2.24, 2.45) is 0 Å². The highest BCUT2D eigenvalue weighted by Crippen LogP contribution is 2.22. The van der Waals surface area contributed by atoms with E-state index in [9.17, 15) is 0 Å². The molecule has 110 valence electrons. The first-order valence-corrected chi connectivity index (χ1v) is 8.48. The fourth-order valence-corrected chi connectivity index (χ4v) is 3.58. The molecule has 2 nitrogen and oxygen atoms in total. The third kappa shape index (κ3) is 3.77. The van der Waals surface area contributed by atoms with Gasteiger partial charge in [-0.05, 0) is 64.8 Å². The molecule has 0 N–H and O–H groups in total. The summed E-state index contributed by atoms with van der Waals surface area (Å²) < 4.78 is 7.12. The highest BCUT2D eigenvalue weighted by atomic mass is 127. The van der Waals surface area contributed by atoms with Gasteiger partial charge in [0.1, 0.15) is 12.4 Å². The molecule has 0 radical (unpaired) electrons. The van der Waals surface area contributed by atoms with Crippen molar-refractivity contribution in [3.05, 3.63) is 62.7 Å². The number of ether oxygens (including phenoxy) is 1. The minimum Gasteiger partial charge on any atom is -0.491 e. The molecule has 0 spiro atoms. The SMILES string of the molecule is Cc1ccc(OCCN2CCc3ccccc3C2)c(I)c1. The number of hydrogen-bond acceptors (Lipinski definition) is 2. The standard InChI is InChI=1S/C18H20INO/c1-14-6-7-18(17(19)12-14)21-11-10-20-9-8-15-4-2-3-5-16(15)13-20/h2-7,12H,8-11,13H2,1H3. The summed E-state index contributed by atoms with van der Waals surface area (Å²) in [5.74, 6) is 0.999. The molecule has 0 unspecified atom stereocenters. The van der Waals surface area contributed by atoms with E-state index < -0.39 is 0 Å². The molecule has 0 aromatic heterocycles. The molecule has 0 atom stereocenters. The van der Waals surface area contributed by atoms with E-state index in [0.717, 1.165) is 38.4 Å². The van der Waals surface area contributed by atoms with Gasteiger partial charge in [0.05, 0.1) is 3.57 Å². The molecule has 0 aliphatic carbocycles. The monoisotopic (exact) mass is 393 g/mol. The van der Waals surface area contributed by atoms with E-state index in [1.54, 1.807) is 0 Å². The summed E-state index contributed by atoms with van der Waals surface area (Å²) >= 11 is 2.34. The topological polar surface area (TPSA) is 12.5 Å². The molecule has 21 heavy (non-hydrogen) atoms. The van der Waals surface area contributed by atoms with Gasteiger partial charge in [0.2, 0.25) is 0 Å². The highest BCUT2D eigenvalue weighted by Gasteiger charge is 2.15. The van der Waals surface area contributed by atoms with E-state index in [-0.39, 0.29) is 0 Å². The van der Waals surface area contributed by atoms with Crippen LogP contribution in [-0.4, -0.2) is 24.6 Å².